The van der Waals surface area contributed by atoms with Crippen molar-refractivity contribution in [1.82, 2.24) is 9.88 Å². The summed E-state index contributed by atoms with van der Waals surface area (Å²) < 4.78 is 19.4. The van der Waals surface area contributed by atoms with Gasteiger partial charge < -0.3 is 9.64 Å². The van der Waals surface area contributed by atoms with Crippen LogP contribution in [0.4, 0.5) is 4.39 Å². The van der Waals surface area contributed by atoms with E-state index >= 15 is 0 Å². The van der Waals surface area contributed by atoms with Crippen LogP contribution in [-0.2, 0) is 10.2 Å². The zero-order valence-corrected chi connectivity index (χ0v) is 16.2. The van der Waals surface area contributed by atoms with Gasteiger partial charge in [0.1, 0.15) is 0 Å². The van der Waals surface area contributed by atoms with Crippen LogP contribution in [0.1, 0.15) is 52.4 Å². The Morgan fingerprint density at radius 2 is 2.14 bits per heavy atom. The molecule has 1 aliphatic carbocycles. The molecule has 0 N–H and O–H groups in total. The number of hydrogen-bond donors (Lipinski definition) is 0. The van der Waals surface area contributed by atoms with Crippen LogP contribution >= 0.6 is 0 Å². The number of halogens is 1. The molecule has 5 heteroatoms. The predicted molar refractivity (Wildman–Crippen MR) is 106 cm³/mol. The van der Waals surface area contributed by atoms with Gasteiger partial charge in [0.25, 0.3) is 5.91 Å². The van der Waals surface area contributed by atoms with E-state index in [1.165, 1.54) is 29.0 Å². The van der Waals surface area contributed by atoms with Crippen LogP contribution in [0.5, 0.6) is 0 Å². The van der Waals surface area contributed by atoms with Crippen LogP contribution in [0.2, 0.25) is 0 Å². The molecular formula is C23H25FN2O2. The zero-order valence-electron chi connectivity index (χ0n) is 16.2. The molecule has 0 saturated carbocycles. The van der Waals surface area contributed by atoms with Crippen LogP contribution in [-0.4, -0.2) is 35.5 Å². The second kappa shape index (κ2) is 7.47. The van der Waals surface area contributed by atoms with Crippen molar-refractivity contribution in [2.24, 2.45) is 0 Å². The molecule has 1 aromatic heterocycles. The number of aromatic nitrogens is 1. The number of rotatable bonds is 4. The highest BCUT2D eigenvalue weighted by Crippen LogP contribution is 2.52. The van der Waals surface area contributed by atoms with Crippen molar-refractivity contribution in [2.45, 2.75) is 37.7 Å². The molecular weight excluding hydrogens is 355 g/mol. The minimum atomic E-state index is -0.623. The highest BCUT2D eigenvalue weighted by atomic mass is 19.1. The normalized spacial score (nSPS) is 20.2. The molecule has 2 heterocycles. The molecule has 1 aliphatic heterocycles. The van der Waals surface area contributed by atoms with Gasteiger partial charge in [-0.1, -0.05) is 29.8 Å². The van der Waals surface area contributed by atoms with E-state index in [-0.39, 0.29) is 17.4 Å². The van der Waals surface area contributed by atoms with E-state index in [2.05, 4.69) is 36.7 Å². The number of pyridine rings is 1. The van der Waals surface area contributed by atoms with E-state index < -0.39 is 5.95 Å². The van der Waals surface area contributed by atoms with Gasteiger partial charge in [0.05, 0.1) is 12.7 Å². The summed E-state index contributed by atoms with van der Waals surface area (Å²) in [6.45, 7) is 7.72. The molecule has 2 aromatic rings. The van der Waals surface area contributed by atoms with Crippen LogP contribution in [0, 0.1) is 12.9 Å². The first-order chi connectivity index (χ1) is 13.5. The second-order valence-corrected chi connectivity index (χ2v) is 7.85. The third-order valence-corrected chi connectivity index (χ3v) is 6.10. The van der Waals surface area contributed by atoms with Crippen molar-refractivity contribution in [3.05, 3.63) is 77.4 Å². The molecule has 2 aliphatic rings. The summed E-state index contributed by atoms with van der Waals surface area (Å²) in [4.78, 5) is 18.1. The maximum atomic E-state index is 13.4. The number of carbonyl (C=O) groups is 1. The van der Waals surface area contributed by atoms with Gasteiger partial charge in [-0.05, 0) is 43.4 Å². The maximum absolute atomic E-state index is 13.4. The third-order valence-electron chi connectivity index (χ3n) is 6.10. The lowest BCUT2D eigenvalue weighted by Crippen LogP contribution is -2.44. The van der Waals surface area contributed by atoms with Crippen molar-refractivity contribution in [2.75, 3.05) is 19.7 Å². The molecule has 1 saturated heterocycles. The molecule has 0 bridgehead atoms. The SMILES string of the molecule is C=CCOC1CC2(CCN(C(=O)c3ccnc(F)c3)CC2)c2cc(C)ccc21. The highest BCUT2D eigenvalue weighted by Gasteiger charge is 2.46. The number of amides is 1. The molecule has 0 radical (unpaired) electrons. The van der Waals surface area contributed by atoms with Crippen molar-refractivity contribution in [1.29, 1.82) is 0 Å². The highest BCUT2D eigenvalue weighted by molar-refractivity contribution is 5.94. The fraction of sp³-hybridized carbons (Fsp3) is 0.391. The lowest BCUT2D eigenvalue weighted by molar-refractivity contribution is 0.0449. The second-order valence-electron chi connectivity index (χ2n) is 7.85. The fourth-order valence-electron chi connectivity index (χ4n) is 4.65. The molecule has 1 aromatic carbocycles. The first-order valence-corrected chi connectivity index (χ1v) is 9.77. The Bertz CT molecular complexity index is 903. The zero-order chi connectivity index (χ0) is 19.7. The van der Waals surface area contributed by atoms with E-state index in [0.29, 0.717) is 25.3 Å². The van der Waals surface area contributed by atoms with Crippen LogP contribution in [0.25, 0.3) is 0 Å². The van der Waals surface area contributed by atoms with Gasteiger partial charge in [-0.25, -0.2) is 4.98 Å². The minimum absolute atomic E-state index is 0.0352. The van der Waals surface area contributed by atoms with E-state index in [9.17, 15) is 9.18 Å². The molecule has 4 rings (SSSR count). The summed E-state index contributed by atoms with van der Waals surface area (Å²) in [5.41, 5.74) is 4.27. The van der Waals surface area contributed by atoms with E-state index in [1.54, 1.807) is 12.1 Å². The lowest BCUT2D eigenvalue weighted by atomic mass is 9.73. The van der Waals surface area contributed by atoms with E-state index in [0.717, 1.165) is 19.3 Å². The van der Waals surface area contributed by atoms with E-state index in [1.807, 2.05) is 4.90 Å². The monoisotopic (exact) mass is 380 g/mol. The average Bonchev–Trinajstić information content (AvgIpc) is 2.99. The van der Waals surface area contributed by atoms with E-state index in [4.69, 9.17) is 4.74 Å². The quantitative estimate of drug-likeness (QED) is 0.585. The number of likely N-dealkylation sites (tertiary alicyclic amines) is 1. The number of ether oxygens (including phenoxy) is 1. The average molecular weight is 380 g/mol. The molecule has 1 atom stereocenters. The summed E-state index contributed by atoms with van der Waals surface area (Å²) in [5.74, 6) is -0.750. The Morgan fingerprint density at radius 1 is 1.36 bits per heavy atom. The Labute approximate surface area is 165 Å². The predicted octanol–water partition coefficient (Wildman–Crippen LogP) is 4.35. The smallest absolute Gasteiger partial charge is 0.254 e. The van der Waals surface area contributed by atoms with Crippen molar-refractivity contribution >= 4 is 5.91 Å². The summed E-state index contributed by atoms with van der Waals surface area (Å²) in [6, 6.07) is 9.38. The Hall–Kier alpha value is -2.53. The van der Waals surface area contributed by atoms with Gasteiger partial charge in [-0.2, -0.15) is 4.39 Å². The Morgan fingerprint density at radius 3 is 2.86 bits per heavy atom. The van der Waals surface area contributed by atoms with Crippen molar-refractivity contribution in [3.8, 4) is 0 Å². The van der Waals surface area contributed by atoms with Crippen LogP contribution < -0.4 is 0 Å². The van der Waals surface area contributed by atoms with Gasteiger partial charge in [0.15, 0.2) is 0 Å². The standard InChI is InChI=1S/C23H25FN2O2/c1-3-12-28-20-15-23(19-13-16(2)4-5-18(19)20)7-10-26(11-8-23)22(27)17-6-9-25-21(24)14-17/h3-6,9,13-14,20H,1,7-8,10-12,15H2,2H3. The van der Waals surface area contributed by atoms with Crippen molar-refractivity contribution in [3.63, 3.8) is 0 Å². The third kappa shape index (κ3) is 3.35. The fourth-order valence-corrected chi connectivity index (χ4v) is 4.65. The number of carbonyl (C=O) groups excluding carboxylic acids is 1. The molecule has 146 valence electrons. The molecule has 28 heavy (non-hydrogen) atoms. The Balaban J connectivity index is 1.54. The molecule has 4 nitrogen and oxygen atoms in total. The number of fused-ring (bicyclic) bond motifs is 2. The van der Waals surface area contributed by atoms with Crippen LogP contribution in [0.15, 0.2) is 49.2 Å². The molecule has 1 amide bonds. The topological polar surface area (TPSA) is 42.4 Å². The van der Waals surface area contributed by atoms with Gasteiger partial charge in [-0.15, -0.1) is 6.58 Å². The lowest BCUT2D eigenvalue weighted by Gasteiger charge is -2.40. The Kier molecular flexibility index (Phi) is 5.02. The van der Waals surface area contributed by atoms with Crippen LogP contribution in [0.3, 0.4) is 0 Å². The first kappa shape index (κ1) is 18.8. The number of aryl methyl sites for hydroxylation is 1. The number of nitrogens with zero attached hydrogens (tertiary/aromatic N) is 2. The van der Waals surface area contributed by atoms with Crippen molar-refractivity contribution < 1.29 is 13.9 Å². The van der Waals surface area contributed by atoms with Gasteiger partial charge in [-0.3, -0.25) is 4.79 Å². The molecule has 1 spiro atoms. The summed E-state index contributed by atoms with van der Waals surface area (Å²) >= 11 is 0. The maximum Gasteiger partial charge on any atom is 0.254 e. The largest absolute Gasteiger partial charge is 0.369 e. The van der Waals surface area contributed by atoms with Gasteiger partial charge in [0, 0.05) is 36.3 Å². The molecule has 1 fully saturated rings. The number of benzene rings is 1. The number of hydrogen-bond acceptors (Lipinski definition) is 3. The first-order valence-electron chi connectivity index (χ1n) is 9.77. The molecule has 1 unspecified atom stereocenters. The number of piperidine rings is 1. The summed E-state index contributed by atoms with van der Waals surface area (Å²) in [7, 11) is 0. The summed E-state index contributed by atoms with van der Waals surface area (Å²) in [6.07, 6.45) is 5.91. The van der Waals surface area contributed by atoms with Gasteiger partial charge in [0.2, 0.25) is 5.95 Å². The minimum Gasteiger partial charge on any atom is -0.369 e. The van der Waals surface area contributed by atoms with Gasteiger partial charge >= 0.3 is 0 Å². The summed E-state index contributed by atoms with van der Waals surface area (Å²) in [5, 5.41) is 0.